The minimum Gasteiger partial charge on any atom is -0.497 e. The number of hydrogen-bond donors (Lipinski definition) is 1. The normalized spacial score (nSPS) is 18.4. The van der Waals surface area contributed by atoms with Crippen LogP contribution in [0.3, 0.4) is 0 Å². The summed E-state index contributed by atoms with van der Waals surface area (Å²) in [5.41, 5.74) is 0.700. The highest BCUT2D eigenvalue weighted by atomic mass is 16.5. The van der Waals surface area contributed by atoms with E-state index in [0.29, 0.717) is 29.5 Å². The highest BCUT2D eigenvalue weighted by molar-refractivity contribution is 5.89. The van der Waals surface area contributed by atoms with E-state index in [-0.39, 0.29) is 37.0 Å². The number of furan rings is 1. The Morgan fingerprint density at radius 1 is 1.13 bits per heavy atom. The summed E-state index contributed by atoms with van der Waals surface area (Å²) < 4.78 is 16.8. The van der Waals surface area contributed by atoms with Gasteiger partial charge in [0.25, 0.3) is 0 Å². The molecule has 1 aromatic carbocycles. The molecule has 1 saturated heterocycles. The van der Waals surface area contributed by atoms with Crippen molar-refractivity contribution < 1.29 is 23.5 Å². The number of amides is 2. The summed E-state index contributed by atoms with van der Waals surface area (Å²) in [5.74, 6) is 1.67. The minimum absolute atomic E-state index is 0.110. The van der Waals surface area contributed by atoms with Gasteiger partial charge in [0.15, 0.2) is 5.76 Å². The van der Waals surface area contributed by atoms with Gasteiger partial charge in [0.2, 0.25) is 17.6 Å². The largest absolute Gasteiger partial charge is 0.497 e. The lowest BCUT2D eigenvalue weighted by atomic mass is 10.0. The van der Waals surface area contributed by atoms with Crippen LogP contribution in [-0.2, 0) is 20.9 Å². The van der Waals surface area contributed by atoms with Crippen LogP contribution in [0.2, 0.25) is 0 Å². The molecular weight excluding hydrogens is 488 g/mol. The quantitative estimate of drug-likeness (QED) is 0.431. The van der Waals surface area contributed by atoms with Crippen LogP contribution in [0.15, 0.2) is 40.8 Å². The van der Waals surface area contributed by atoms with E-state index in [1.54, 1.807) is 30.2 Å². The molecule has 2 aromatic heterocycles. The zero-order valence-electron chi connectivity index (χ0n) is 21.8. The Morgan fingerprint density at radius 2 is 1.92 bits per heavy atom. The first kappa shape index (κ1) is 25.9. The van der Waals surface area contributed by atoms with Crippen LogP contribution in [0.5, 0.6) is 5.75 Å². The maximum Gasteiger partial charge on any atom is 0.247 e. The van der Waals surface area contributed by atoms with E-state index in [4.69, 9.17) is 13.9 Å². The fourth-order valence-corrected chi connectivity index (χ4v) is 5.14. The third-order valence-electron chi connectivity index (χ3n) is 7.13. The summed E-state index contributed by atoms with van der Waals surface area (Å²) >= 11 is 0. The molecule has 11 heteroatoms. The fourth-order valence-electron chi connectivity index (χ4n) is 5.14. The topological polar surface area (TPSA) is 125 Å². The first-order chi connectivity index (χ1) is 18.5. The van der Waals surface area contributed by atoms with Gasteiger partial charge in [-0.05, 0) is 67.6 Å². The number of nitrogens with one attached hydrogen (secondary N) is 1. The van der Waals surface area contributed by atoms with Crippen molar-refractivity contribution in [3.63, 3.8) is 0 Å². The number of carbonyl (C=O) groups is 2. The SMILES string of the molecule is COc1ccc(C(C(=O)NC2CCCC2)N(CC2CCCO2)C(=O)Cn2nnc(-c3ccc(C)o3)n2)cc1. The number of nitrogens with zero attached hydrogens (tertiary/aromatic N) is 5. The lowest BCUT2D eigenvalue weighted by Crippen LogP contribution is -2.49. The van der Waals surface area contributed by atoms with Crippen molar-refractivity contribution in [2.45, 2.75) is 70.2 Å². The van der Waals surface area contributed by atoms with Crippen molar-refractivity contribution in [3.8, 4) is 17.3 Å². The van der Waals surface area contributed by atoms with Gasteiger partial charge in [0.1, 0.15) is 24.1 Å². The van der Waals surface area contributed by atoms with Crippen LogP contribution in [-0.4, -0.2) is 69.3 Å². The number of benzene rings is 1. The highest BCUT2D eigenvalue weighted by Gasteiger charge is 2.36. The van der Waals surface area contributed by atoms with Gasteiger partial charge < -0.3 is 24.1 Å². The molecule has 2 unspecified atom stereocenters. The molecule has 5 rings (SSSR count). The average molecular weight is 523 g/mol. The Labute approximate surface area is 221 Å². The predicted octanol–water partition coefficient (Wildman–Crippen LogP) is 3.06. The molecule has 202 valence electrons. The highest BCUT2D eigenvalue weighted by Crippen LogP contribution is 2.28. The second kappa shape index (κ2) is 11.8. The predicted molar refractivity (Wildman–Crippen MR) is 137 cm³/mol. The first-order valence-electron chi connectivity index (χ1n) is 13.2. The number of ether oxygens (including phenoxy) is 2. The van der Waals surface area contributed by atoms with Gasteiger partial charge in [0, 0.05) is 19.2 Å². The number of aromatic nitrogens is 4. The molecule has 2 amide bonds. The Kier molecular flexibility index (Phi) is 8.02. The van der Waals surface area contributed by atoms with Crippen molar-refractivity contribution in [3.05, 3.63) is 47.7 Å². The van der Waals surface area contributed by atoms with Gasteiger partial charge in [-0.3, -0.25) is 9.59 Å². The molecule has 0 spiro atoms. The molecule has 2 fully saturated rings. The molecule has 1 saturated carbocycles. The summed E-state index contributed by atoms with van der Waals surface area (Å²) in [6.07, 6.45) is 5.66. The fraction of sp³-hybridized carbons (Fsp3) is 0.519. The van der Waals surface area contributed by atoms with Gasteiger partial charge >= 0.3 is 0 Å². The Bertz CT molecular complexity index is 1230. The number of carbonyl (C=O) groups excluding carboxylic acids is 2. The number of aryl methyl sites for hydroxylation is 1. The van der Waals surface area contributed by atoms with Crippen molar-refractivity contribution in [1.82, 2.24) is 30.4 Å². The van der Waals surface area contributed by atoms with Crippen LogP contribution >= 0.6 is 0 Å². The summed E-state index contributed by atoms with van der Waals surface area (Å²) in [5, 5.41) is 15.6. The van der Waals surface area contributed by atoms with E-state index >= 15 is 0 Å². The lowest BCUT2D eigenvalue weighted by Gasteiger charge is -2.33. The third kappa shape index (κ3) is 6.04. The number of hydrogen-bond acceptors (Lipinski definition) is 8. The van der Waals surface area contributed by atoms with E-state index in [1.165, 1.54) is 4.80 Å². The van der Waals surface area contributed by atoms with Crippen molar-refractivity contribution in [1.29, 1.82) is 0 Å². The molecule has 11 nitrogen and oxygen atoms in total. The summed E-state index contributed by atoms with van der Waals surface area (Å²) in [6.45, 7) is 2.58. The Balaban J connectivity index is 1.43. The molecule has 38 heavy (non-hydrogen) atoms. The third-order valence-corrected chi connectivity index (χ3v) is 7.13. The first-order valence-corrected chi connectivity index (χ1v) is 13.2. The Hall–Kier alpha value is -3.73. The summed E-state index contributed by atoms with van der Waals surface area (Å²) in [4.78, 5) is 30.5. The zero-order valence-corrected chi connectivity index (χ0v) is 21.8. The van der Waals surface area contributed by atoms with Gasteiger partial charge in [-0.2, -0.15) is 4.80 Å². The smallest absolute Gasteiger partial charge is 0.247 e. The monoisotopic (exact) mass is 522 g/mol. The second-order valence-corrected chi connectivity index (χ2v) is 9.90. The molecule has 0 radical (unpaired) electrons. The van der Waals surface area contributed by atoms with E-state index in [9.17, 15) is 9.59 Å². The van der Waals surface area contributed by atoms with Crippen LogP contribution in [0, 0.1) is 6.92 Å². The van der Waals surface area contributed by atoms with Crippen LogP contribution in [0.25, 0.3) is 11.6 Å². The molecule has 2 atom stereocenters. The van der Waals surface area contributed by atoms with Crippen LogP contribution in [0.4, 0.5) is 0 Å². The molecule has 3 heterocycles. The van der Waals surface area contributed by atoms with E-state index in [2.05, 4.69) is 20.7 Å². The number of rotatable bonds is 10. The number of tetrazole rings is 1. The maximum atomic E-state index is 13.8. The van der Waals surface area contributed by atoms with Crippen molar-refractivity contribution in [2.75, 3.05) is 20.3 Å². The standard InChI is InChI=1S/C27H34N6O5/c1-18-9-14-23(38-18)26-29-31-33(30-26)17-24(34)32(16-22-8-5-15-37-22)25(19-10-12-21(36-2)13-11-19)27(35)28-20-6-3-4-7-20/h9-14,20,22,25H,3-8,15-17H2,1-2H3,(H,28,35). The molecular formula is C27H34N6O5. The second-order valence-electron chi connectivity index (χ2n) is 9.90. The van der Waals surface area contributed by atoms with E-state index in [1.807, 2.05) is 25.1 Å². The van der Waals surface area contributed by atoms with E-state index < -0.39 is 6.04 Å². The van der Waals surface area contributed by atoms with Crippen LogP contribution < -0.4 is 10.1 Å². The van der Waals surface area contributed by atoms with Gasteiger partial charge in [-0.25, -0.2) is 0 Å². The Morgan fingerprint density at radius 3 is 2.58 bits per heavy atom. The molecule has 2 aliphatic rings. The van der Waals surface area contributed by atoms with E-state index in [0.717, 1.165) is 44.3 Å². The van der Waals surface area contributed by atoms with Gasteiger partial charge in [-0.15, -0.1) is 10.2 Å². The average Bonchev–Trinajstić information content (AvgIpc) is 3.73. The molecule has 0 bridgehead atoms. The van der Waals surface area contributed by atoms with Crippen LogP contribution in [0.1, 0.15) is 55.9 Å². The zero-order chi connectivity index (χ0) is 26.5. The van der Waals surface area contributed by atoms with Crippen molar-refractivity contribution >= 4 is 11.8 Å². The van der Waals surface area contributed by atoms with Crippen molar-refractivity contribution in [2.24, 2.45) is 0 Å². The summed E-state index contributed by atoms with van der Waals surface area (Å²) in [6, 6.07) is 10.1. The summed E-state index contributed by atoms with van der Waals surface area (Å²) in [7, 11) is 1.59. The lowest BCUT2D eigenvalue weighted by molar-refractivity contribution is -0.143. The number of methoxy groups -OCH3 is 1. The maximum absolute atomic E-state index is 13.8. The molecule has 3 aromatic rings. The molecule has 1 N–H and O–H groups in total. The molecule has 1 aliphatic carbocycles. The van der Waals surface area contributed by atoms with Gasteiger partial charge in [-0.1, -0.05) is 25.0 Å². The molecule has 1 aliphatic heterocycles. The van der Waals surface area contributed by atoms with Gasteiger partial charge in [0.05, 0.1) is 13.2 Å². The minimum atomic E-state index is -0.839.